The van der Waals surface area contributed by atoms with Gasteiger partial charge in [0.2, 0.25) is 0 Å². The maximum Gasteiger partial charge on any atom is 0.252 e. The largest absolute Gasteiger partial charge is 0.361 e. The minimum atomic E-state index is -0.789. The van der Waals surface area contributed by atoms with Crippen LogP contribution in [0.1, 0.15) is 35.4 Å². The van der Waals surface area contributed by atoms with Gasteiger partial charge in [-0.3, -0.25) is 9.79 Å². The fraction of sp³-hybridized carbons (Fsp3) is 0.389. The van der Waals surface area contributed by atoms with Crippen LogP contribution in [0.25, 0.3) is 0 Å². The van der Waals surface area contributed by atoms with Crippen molar-refractivity contribution < 1.29 is 9.32 Å². The molecule has 0 bridgehead atoms. The molecule has 2 aromatic rings. The molecule has 0 saturated carbocycles. The number of fused-ring (bicyclic) bond motifs is 1. The Labute approximate surface area is 150 Å². The summed E-state index contributed by atoms with van der Waals surface area (Å²) in [5.74, 6) is 0.611. The number of halogens is 1. The van der Waals surface area contributed by atoms with Gasteiger partial charge in [-0.15, -0.1) is 0 Å². The van der Waals surface area contributed by atoms with E-state index in [0.717, 1.165) is 29.9 Å². The average Bonchev–Trinajstić information content (AvgIpc) is 2.88. The average molecular weight is 359 g/mol. The predicted octanol–water partition coefficient (Wildman–Crippen LogP) is 2.86. The quantitative estimate of drug-likeness (QED) is 0.821. The molecule has 130 valence electrons. The van der Waals surface area contributed by atoms with Crippen LogP contribution in [0.4, 0.5) is 5.69 Å². The SMILES string of the molecule is Cc1noc(C)c1C1=NC2(CCNCC2)C(=O)Nc2ccc(Cl)cc21. The molecule has 0 unspecified atom stereocenters. The molecule has 6 nitrogen and oxygen atoms in total. The third-order valence-electron chi connectivity index (χ3n) is 4.93. The maximum atomic E-state index is 13.0. The number of aryl methyl sites for hydroxylation is 2. The van der Waals surface area contributed by atoms with Gasteiger partial charge in [0.15, 0.2) is 0 Å². The number of rotatable bonds is 1. The van der Waals surface area contributed by atoms with Crippen LogP contribution in [0.15, 0.2) is 27.7 Å². The summed E-state index contributed by atoms with van der Waals surface area (Å²) in [5, 5.41) is 11.0. The number of aliphatic imine (C=N–C) groups is 1. The highest BCUT2D eigenvalue weighted by molar-refractivity contribution is 6.32. The molecule has 0 radical (unpaired) electrons. The van der Waals surface area contributed by atoms with Gasteiger partial charge in [0.25, 0.3) is 5.91 Å². The topological polar surface area (TPSA) is 79.5 Å². The first-order valence-corrected chi connectivity index (χ1v) is 8.73. The molecule has 1 amide bonds. The zero-order chi connectivity index (χ0) is 17.6. The Morgan fingerprint density at radius 2 is 2.00 bits per heavy atom. The Hall–Kier alpha value is -2.18. The minimum Gasteiger partial charge on any atom is -0.361 e. The Balaban J connectivity index is 1.99. The van der Waals surface area contributed by atoms with Gasteiger partial charge >= 0.3 is 0 Å². The fourth-order valence-corrected chi connectivity index (χ4v) is 3.75. The molecule has 0 atom stereocenters. The van der Waals surface area contributed by atoms with Crippen LogP contribution in [0.5, 0.6) is 0 Å². The second kappa shape index (κ2) is 5.97. The summed E-state index contributed by atoms with van der Waals surface area (Å²) in [6.07, 6.45) is 1.29. The molecule has 4 rings (SSSR count). The molecule has 1 fully saturated rings. The van der Waals surface area contributed by atoms with Crippen molar-refractivity contribution in [3.8, 4) is 0 Å². The lowest BCUT2D eigenvalue weighted by molar-refractivity contribution is -0.121. The maximum absolute atomic E-state index is 13.0. The number of carbonyl (C=O) groups is 1. The molecule has 1 aromatic carbocycles. The summed E-state index contributed by atoms with van der Waals surface area (Å²) in [6, 6.07) is 5.43. The molecule has 1 saturated heterocycles. The van der Waals surface area contributed by atoms with Gasteiger partial charge in [-0.2, -0.15) is 0 Å². The van der Waals surface area contributed by atoms with Gasteiger partial charge in [-0.25, -0.2) is 0 Å². The summed E-state index contributed by atoms with van der Waals surface area (Å²) in [5.41, 5.74) is 3.02. The third-order valence-corrected chi connectivity index (χ3v) is 5.17. The summed E-state index contributed by atoms with van der Waals surface area (Å²) in [4.78, 5) is 18.0. The minimum absolute atomic E-state index is 0.0701. The summed E-state index contributed by atoms with van der Waals surface area (Å²) in [7, 11) is 0. The Morgan fingerprint density at radius 3 is 2.68 bits per heavy atom. The number of amides is 1. The molecule has 0 aliphatic carbocycles. The van der Waals surface area contributed by atoms with Crippen LogP contribution in [0, 0.1) is 13.8 Å². The van der Waals surface area contributed by atoms with E-state index in [2.05, 4.69) is 15.8 Å². The van der Waals surface area contributed by atoms with E-state index in [1.165, 1.54) is 0 Å². The van der Waals surface area contributed by atoms with E-state index in [9.17, 15) is 4.79 Å². The molecule has 1 aromatic heterocycles. The number of benzene rings is 1. The lowest BCUT2D eigenvalue weighted by Crippen LogP contribution is -2.49. The molecule has 1 spiro atoms. The number of nitrogens with one attached hydrogen (secondary N) is 2. The van der Waals surface area contributed by atoms with Crippen molar-refractivity contribution in [1.29, 1.82) is 0 Å². The number of anilines is 1. The van der Waals surface area contributed by atoms with Crippen LogP contribution in [-0.2, 0) is 4.79 Å². The first-order chi connectivity index (χ1) is 12.0. The fourth-order valence-electron chi connectivity index (χ4n) is 3.58. The van der Waals surface area contributed by atoms with E-state index >= 15 is 0 Å². The van der Waals surface area contributed by atoms with Crippen molar-refractivity contribution in [1.82, 2.24) is 10.5 Å². The smallest absolute Gasteiger partial charge is 0.252 e. The van der Waals surface area contributed by atoms with Gasteiger partial charge in [0.05, 0.1) is 22.7 Å². The number of carbonyl (C=O) groups excluding carboxylic acids is 1. The van der Waals surface area contributed by atoms with E-state index in [0.29, 0.717) is 35.0 Å². The Kier molecular flexibility index (Phi) is 3.89. The molecular formula is C18H19ClN4O2. The van der Waals surface area contributed by atoms with Crippen LogP contribution in [0.2, 0.25) is 5.02 Å². The van der Waals surface area contributed by atoms with Gasteiger partial charge < -0.3 is 15.2 Å². The second-order valence-corrected chi connectivity index (χ2v) is 7.02. The van der Waals surface area contributed by atoms with Crippen molar-refractivity contribution in [3.63, 3.8) is 0 Å². The van der Waals surface area contributed by atoms with Crippen LogP contribution >= 0.6 is 11.6 Å². The third kappa shape index (κ3) is 2.65. The van der Waals surface area contributed by atoms with Gasteiger partial charge in [-0.05, 0) is 58.0 Å². The lowest BCUT2D eigenvalue weighted by Gasteiger charge is -2.32. The van der Waals surface area contributed by atoms with Crippen molar-refractivity contribution >= 4 is 28.9 Å². The number of nitrogens with zero attached hydrogens (tertiary/aromatic N) is 2. The highest BCUT2D eigenvalue weighted by atomic mass is 35.5. The van der Waals surface area contributed by atoms with Gasteiger partial charge in [0, 0.05) is 10.6 Å². The van der Waals surface area contributed by atoms with Crippen LogP contribution in [-0.4, -0.2) is 35.4 Å². The van der Waals surface area contributed by atoms with E-state index in [-0.39, 0.29) is 5.91 Å². The number of piperidine rings is 1. The zero-order valence-corrected chi connectivity index (χ0v) is 14.9. The summed E-state index contributed by atoms with van der Waals surface area (Å²) >= 11 is 6.23. The summed E-state index contributed by atoms with van der Waals surface area (Å²) in [6.45, 7) is 5.25. The van der Waals surface area contributed by atoms with Gasteiger partial charge in [-0.1, -0.05) is 16.8 Å². The normalized spacial score (nSPS) is 19.2. The number of aromatic nitrogens is 1. The molecule has 3 heterocycles. The molecule has 2 N–H and O–H groups in total. The highest BCUT2D eigenvalue weighted by Crippen LogP contribution is 2.35. The highest BCUT2D eigenvalue weighted by Gasteiger charge is 2.42. The first-order valence-electron chi connectivity index (χ1n) is 8.35. The Bertz CT molecular complexity index is 862. The monoisotopic (exact) mass is 358 g/mol. The number of hydrogen-bond acceptors (Lipinski definition) is 5. The van der Waals surface area contributed by atoms with Crippen LogP contribution in [0.3, 0.4) is 0 Å². The predicted molar refractivity (Wildman–Crippen MR) is 96.5 cm³/mol. The molecule has 2 aliphatic rings. The van der Waals surface area contributed by atoms with Gasteiger partial charge in [0.1, 0.15) is 11.3 Å². The molecular weight excluding hydrogens is 340 g/mol. The van der Waals surface area contributed by atoms with E-state index in [1.54, 1.807) is 6.07 Å². The Morgan fingerprint density at radius 1 is 1.24 bits per heavy atom. The van der Waals surface area contributed by atoms with E-state index in [4.69, 9.17) is 21.1 Å². The van der Waals surface area contributed by atoms with Crippen molar-refractivity contribution in [2.75, 3.05) is 18.4 Å². The van der Waals surface area contributed by atoms with Crippen molar-refractivity contribution in [2.45, 2.75) is 32.2 Å². The lowest BCUT2D eigenvalue weighted by atomic mass is 9.87. The number of hydrogen-bond donors (Lipinski definition) is 2. The van der Waals surface area contributed by atoms with Crippen molar-refractivity contribution in [2.24, 2.45) is 4.99 Å². The van der Waals surface area contributed by atoms with Crippen molar-refractivity contribution in [3.05, 3.63) is 45.8 Å². The molecule has 2 aliphatic heterocycles. The first kappa shape index (κ1) is 16.3. The zero-order valence-electron chi connectivity index (χ0n) is 14.1. The molecule has 25 heavy (non-hydrogen) atoms. The standard InChI is InChI=1S/C18H19ClN4O2/c1-10-15(11(2)25-23-10)16-13-9-12(19)3-4-14(13)21-17(24)18(22-16)5-7-20-8-6-18/h3-4,9,20H,5-8H2,1-2H3,(H,21,24). The van der Waals surface area contributed by atoms with Crippen LogP contribution < -0.4 is 10.6 Å². The summed E-state index contributed by atoms with van der Waals surface area (Å²) < 4.78 is 5.36. The second-order valence-electron chi connectivity index (χ2n) is 6.59. The van der Waals surface area contributed by atoms with E-state index in [1.807, 2.05) is 26.0 Å². The molecule has 7 heteroatoms. The van der Waals surface area contributed by atoms with E-state index < -0.39 is 5.54 Å².